The molecule has 1 aromatic heterocycles. The molecule has 0 aliphatic rings. The van der Waals surface area contributed by atoms with Crippen molar-refractivity contribution in [2.75, 3.05) is 7.11 Å². The lowest BCUT2D eigenvalue weighted by Gasteiger charge is -2.21. The predicted octanol–water partition coefficient (Wildman–Crippen LogP) is 7.42. The Morgan fingerprint density at radius 3 is 1.92 bits per heavy atom. The first-order chi connectivity index (χ1) is 17.6. The number of nitrogens with zero attached hydrogens (tertiary/aromatic N) is 1. The van der Waals surface area contributed by atoms with Crippen molar-refractivity contribution in [2.24, 2.45) is 0 Å². The molecule has 0 spiro atoms. The van der Waals surface area contributed by atoms with Crippen LogP contribution in [-0.4, -0.2) is 23.6 Å². The monoisotopic (exact) mass is 589 g/mol. The minimum atomic E-state index is -4.41. The number of ether oxygens (including phenoxy) is 2. The second kappa shape index (κ2) is 10.8. The van der Waals surface area contributed by atoms with Gasteiger partial charge in [0.2, 0.25) is 0 Å². The van der Waals surface area contributed by atoms with Crippen LogP contribution in [0.2, 0.25) is 0 Å². The lowest BCUT2D eigenvalue weighted by molar-refractivity contribution is -0.0111. The topological polar surface area (TPSA) is 94.5 Å². The third-order valence-electron chi connectivity index (χ3n) is 4.71. The molecule has 0 aliphatic heterocycles. The van der Waals surface area contributed by atoms with Gasteiger partial charge in [0.05, 0.1) is 17.1 Å². The molecule has 0 bridgehead atoms. The van der Waals surface area contributed by atoms with E-state index in [1.807, 2.05) is 0 Å². The van der Waals surface area contributed by atoms with Gasteiger partial charge >= 0.3 is 14.0 Å². The minimum Gasteiger partial charge on any atom is -0.497 e. The molecular formula is C26H25BrNO8P. The smallest absolute Gasteiger partial charge is 0.497 e. The molecule has 0 saturated heterocycles. The standard InChI is InChI=1S/C26H25BrNO8P/c1-26(2,3)32-25(29)33-28-22-16-15-20(31-4)17-21(22)23(27)24(28)36-37(30,34-18-11-7-5-8-12-18)35-19-13-9-6-10-14-19/h5-17H,1-4H3. The Bertz CT molecular complexity index is 1390. The molecule has 0 radical (unpaired) electrons. The summed E-state index contributed by atoms with van der Waals surface area (Å²) in [6.45, 7) is 5.11. The zero-order valence-corrected chi connectivity index (χ0v) is 23.0. The Morgan fingerprint density at radius 2 is 1.41 bits per heavy atom. The van der Waals surface area contributed by atoms with Gasteiger partial charge in [0.1, 0.15) is 22.8 Å². The maximum absolute atomic E-state index is 14.0. The molecule has 194 valence electrons. The van der Waals surface area contributed by atoms with Crippen LogP contribution in [0.25, 0.3) is 10.9 Å². The third kappa shape index (κ3) is 6.58. The molecule has 0 aliphatic carbocycles. The van der Waals surface area contributed by atoms with Crippen molar-refractivity contribution in [3.8, 4) is 23.1 Å². The number of phosphoric acid groups is 1. The number of methoxy groups -OCH3 is 1. The fourth-order valence-electron chi connectivity index (χ4n) is 3.20. The molecule has 0 fully saturated rings. The fraction of sp³-hybridized carbons (Fsp3) is 0.192. The quantitative estimate of drug-likeness (QED) is 0.155. The Hall–Kier alpha value is -3.62. The fourth-order valence-corrected chi connectivity index (χ4v) is 5.14. The predicted molar refractivity (Wildman–Crippen MR) is 141 cm³/mol. The molecule has 0 atom stereocenters. The number of benzene rings is 3. The number of para-hydroxylation sites is 2. The summed E-state index contributed by atoms with van der Waals surface area (Å²) in [5, 5.41) is 0.545. The zero-order valence-electron chi connectivity index (χ0n) is 20.5. The van der Waals surface area contributed by atoms with Crippen LogP contribution in [0.15, 0.2) is 83.3 Å². The first kappa shape index (κ1) is 26.4. The van der Waals surface area contributed by atoms with Crippen molar-refractivity contribution >= 4 is 40.8 Å². The van der Waals surface area contributed by atoms with Crippen molar-refractivity contribution in [3.05, 3.63) is 83.3 Å². The van der Waals surface area contributed by atoms with E-state index in [0.717, 1.165) is 4.73 Å². The lowest BCUT2D eigenvalue weighted by atomic mass is 10.2. The molecule has 0 amide bonds. The number of phosphoric ester groups is 1. The van der Waals surface area contributed by atoms with Crippen LogP contribution in [0.5, 0.6) is 23.1 Å². The Kier molecular flexibility index (Phi) is 7.71. The number of carbonyl (C=O) groups is 1. The molecule has 0 saturated carbocycles. The molecule has 37 heavy (non-hydrogen) atoms. The number of aromatic nitrogens is 1. The van der Waals surface area contributed by atoms with Gasteiger partial charge in [0, 0.05) is 5.39 Å². The highest BCUT2D eigenvalue weighted by Crippen LogP contribution is 2.52. The summed E-state index contributed by atoms with van der Waals surface area (Å²) in [7, 11) is -2.89. The van der Waals surface area contributed by atoms with E-state index in [2.05, 4.69) is 15.9 Å². The summed E-state index contributed by atoms with van der Waals surface area (Å²) in [6.07, 6.45) is -1.000. The van der Waals surface area contributed by atoms with E-state index >= 15 is 0 Å². The summed E-state index contributed by atoms with van der Waals surface area (Å²) >= 11 is 3.48. The molecule has 9 nitrogen and oxygen atoms in total. The van der Waals surface area contributed by atoms with Crippen molar-refractivity contribution < 1.29 is 37.2 Å². The third-order valence-corrected chi connectivity index (χ3v) is 6.74. The highest BCUT2D eigenvalue weighted by atomic mass is 79.9. The molecular weight excluding hydrogens is 565 g/mol. The minimum absolute atomic E-state index is 0.149. The number of carbonyl (C=O) groups excluding carboxylic acids is 1. The number of hydrogen-bond acceptors (Lipinski definition) is 8. The van der Waals surface area contributed by atoms with Crippen molar-refractivity contribution in [1.29, 1.82) is 0 Å². The van der Waals surface area contributed by atoms with E-state index in [0.29, 0.717) is 21.1 Å². The maximum Gasteiger partial charge on any atom is 0.648 e. The van der Waals surface area contributed by atoms with Crippen LogP contribution in [0.1, 0.15) is 20.8 Å². The number of fused-ring (bicyclic) bond motifs is 1. The SMILES string of the molecule is COc1ccc2c(c1)c(Br)c(OP(=O)(Oc1ccccc1)Oc1ccccc1)n2OC(=O)OC(C)(C)C. The number of hydrogen-bond donors (Lipinski definition) is 0. The lowest BCUT2D eigenvalue weighted by Crippen LogP contribution is -2.30. The molecule has 4 aromatic rings. The van der Waals surface area contributed by atoms with Crippen LogP contribution in [0.4, 0.5) is 4.79 Å². The molecule has 3 aromatic carbocycles. The van der Waals surface area contributed by atoms with Crippen LogP contribution in [0, 0.1) is 0 Å². The van der Waals surface area contributed by atoms with Gasteiger partial charge in [-0.3, -0.25) is 4.84 Å². The van der Waals surface area contributed by atoms with E-state index in [4.69, 9.17) is 27.9 Å². The van der Waals surface area contributed by atoms with E-state index in [9.17, 15) is 9.36 Å². The zero-order chi connectivity index (χ0) is 26.6. The van der Waals surface area contributed by atoms with E-state index in [1.54, 1.807) is 99.6 Å². The van der Waals surface area contributed by atoms with Crippen molar-refractivity contribution in [1.82, 2.24) is 4.73 Å². The normalized spacial score (nSPS) is 11.6. The van der Waals surface area contributed by atoms with Gasteiger partial charge in [-0.25, -0.2) is 4.79 Å². The average molecular weight is 590 g/mol. The molecule has 11 heteroatoms. The summed E-state index contributed by atoms with van der Waals surface area (Å²) in [5.41, 5.74) is -0.414. The average Bonchev–Trinajstić information content (AvgIpc) is 3.09. The van der Waals surface area contributed by atoms with Crippen molar-refractivity contribution in [3.63, 3.8) is 0 Å². The number of rotatable bonds is 8. The Labute approximate surface area is 222 Å². The second-order valence-corrected chi connectivity index (χ2v) is 10.9. The van der Waals surface area contributed by atoms with Crippen LogP contribution in [0.3, 0.4) is 0 Å². The van der Waals surface area contributed by atoms with Gasteiger partial charge in [-0.15, -0.1) is 4.73 Å². The van der Waals surface area contributed by atoms with E-state index in [-0.39, 0.29) is 17.4 Å². The molecule has 4 rings (SSSR count). The van der Waals surface area contributed by atoms with Crippen molar-refractivity contribution in [2.45, 2.75) is 26.4 Å². The summed E-state index contributed by atoms with van der Waals surface area (Å²) < 4.78 is 43.4. The maximum atomic E-state index is 14.0. The summed E-state index contributed by atoms with van der Waals surface area (Å²) in [4.78, 5) is 18.1. The van der Waals surface area contributed by atoms with Gasteiger partial charge < -0.3 is 23.0 Å². The second-order valence-electron chi connectivity index (χ2n) is 8.70. The van der Waals surface area contributed by atoms with E-state index in [1.165, 1.54) is 7.11 Å². The molecule has 1 heterocycles. The van der Waals surface area contributed by atoms with Gasteiger partial charge in [-0.05, 0) is 79.2 Å². The van der Waals surface area contributed by atoms with Gasteiger partial charge in [0.15, 0.2) is 0 Å². The van der Waals surface area contributed by atoms with Gasteiger partial charge in [0.25, 0.3) is 5.88 Å². The van der Waals surface area contributed by atoms with Gasteiger partial charge in [-0.2, -0.15) is 4.57 Å². The van der Waals surface area contributed by atoms with Crippen LogP contribution < -0.4 is 23.1 Å². The first-order valence-electron chi connectivity index (χ1n) is 11.1. The summed E-state index contributed by atoms with van der Waals surface area (Å²) in [5.74, 6) is 0.883. The van der Waals surface area contributed by atoms with Crippen LogP contribution >= 0.6 is 23.8 Å². The van der Waals surface area contributed by atoms with Crippen LogP contribution in [-0.2, 0) is 9.30 Å². The largest absolute Gasteiger partial charge is 0.648 e. The highest BCUT2D eigenvalue weighted by Gasteiger charge is 2.37. The molecule has 0 unspecified atom stereocenters. The Morgan fingerprint density at radius 1 is 0.838 bits per heavy atom. The first-order valence-corrected chi connectivity index (χ1v) is 13.4. The van der Waals surface area contributed by atoms with Gasteiger partial charge in [-0.1, -0.05) is 36.4 Å². The Balaban J connectivity index is 1.80. The summed E-state index contributed by atoms with van der Waals surface area (Å²) in [6, 6.07) is 21.9. The molecule has 0 N–H and O–H groups in total. The van der Waals surface area contributed by atoms with E-state index < -0.39 is 19.6 Å². The highest BCUT2D eigenvalue weighted by molar-refractivity contribution is 9.10. The number of halogens is 1.